The quantitative estimate of drug-likeness (QED) is 0.916. The highest BCUT2D eigenvalue weighted by Gasteiger charge is 2.19. The van der Waals surface area contributed by atoms with Gasteiger partial charge in [0, 0.05) is 0 Å². The molecule has 0 saturated heterocycles. The van der Waals surface area contributed by atoms with Crippen LogP contribution in [-0.4, -0.2) is 13.0 Å². The Kier molecular flexibility index (Phi) is 5.40. The number of rotatable bonds is 5. The van der Waals surface area contributed by atoms with Gasteiger partial charge in [0.25, 0.3) is 0 Å². The summed E-state index contributed by atoms with van der Waals surface area (Å²) in [6.45, 7) is 0. The number of methoxy groups -OCH3 is 1. The van der Waals surface area contributed by atoms with Gasteiger partial charge in [-0.25, -0.2) is 0 Å². The molecule has 1 amide bonds. The van der Waals surface area contributed by atoms with E-state index in [0.717, 1.165) is 5.56 Å². The van der Waals surface area contributed by atoms with Crippen molar-refractivity contribution in [2.45, 2.75) is 6.42 Å². The number of nitriles is 1. The van der Waals surface area contributed by atoms with E-state index in [1.54, 1.807) is 31.4 Å². The standard InChI is InChI=1S/C17H15ClN2O2/c1-22-14-6-4-5-12(10-14)9-13(11-19)17(21)20-16-8-3-2-7-15(16)18/h2-8,10,13H,9H2,1H3,(H,20,21)/t13-/m1/s1. The summed E-state index contributed by atoms with van der Waals surface area (Å²) >= 11 is 6.00. The largest absolute Gasteiger partial charge is 0.497 e. The van der Waals surface area contributed by atoms with Crippen LogP contribution < -0.4 is 10.1 Å². The van der Waals surface area contributed by atoms with Crippen molar-refractivity contribution >= 4 is 23.2 Å². The fourth-order valence-electron chi connectivity index (χ4n) is 2.01. The minimum Gasteiger partial charge on any atom is -0.497 e. The van der Waals surface area contributed by atoms with Gasteiger partial charge in [-0.1, -0.05) is 35.9 Å². The van der Waals surface area contributed by atoms with Crippen molar-refractivity contribution in [3.63, 3.8) is 0 Å². The smallest absolute Gasteiger partial charge is 0.242 e. The second-order valence-electron chi connectivity index (χ2n) is 4.71. The highest BCUT2D eigenvalue weighted by Crippen LogP contribution is 2.22. The number of carbonyl (C=O) groups is 1. The Bertz CT molecular complexity index is 710. The molecule has 1 N–H and O–H groups in total. The summed E-state index contributed by atoms with van der Waals surface area (Å²) in [5.74, 6) is -0.484. The van der Waals surface area contributed by atoms with Gasteiger partial charge in [-0.2, -0.15) is 5.26 Å². The summed E-state index contributed by atoms with van der Waals surface area (Å²) in [6.07, 6.45) is 0.310. The molecule has 2 aromatic carbocycles. The first-order valence-electron chi connectivity index (χ1n) is 6.72. The molecule has 5 heteroatoms. The van der Waals surface area contributed by atoms with Crippen LogP contribution in [0.25, 0.3) is 0 Å². The molecule has 0 radical (unpaired) electrons. The number of benzene rings is 2. The Morgan fingerprint density at radius 3 is 2.77 bits per heavy atom. The zero-order chi connectivity index (χ0) is 15.9. The zero-order valence-electron chi connectivity index (χ0n) is 12.0. The monoisotopic (exact) mass is 314 g/mol. The average Bonchev–Trinajstić information content (AvgIpc) is 2.54. The van der Waals surface area contributed by atoms with Gasteiger partial charge in [-0.3, -0.25) is 4.79 Å². The summed E-state index contributed by atoms with van der Waals surface area (Å²) < 4.78 is 5.14. The molecule has 0 aromatic heterocycles. The van der Waals surface area contributed by atoms with Gasteiger partial charge in [0.15, 0.2) is 0 Å². The predicted molar refractivity (Wildman–Crippen MR) is 85.9 cm³/mol. The van der Waals surface area contributed by atoms with Crippen LogP contribution in [0, 0.1) is 17.2 Å². The van der Waals surface area contributed by atoms with Crippen LogP contribution in [-0.2, 0) is 11.2 Å². The van der Waals surface area contributed by atoms with Gasteiger partial charge in [-0.05, 0) is 36.2 Å². The fourth-order valence-corrected chi connectivity index (χ4v) is 2.20. The van der Waals surface area contributed by atoms with E-state index in [2.05, 4.69) is 5.32 Å². The topological polar surface area (TPSA) is 62.1 Å². The molecule has 0 aliphatic rings. The van der Waals surface area contributed by atoms with Crippen molar-refractivity contribution in [1.29, 1.82) is 5.26 Å². The number of anilines is 1. The number of halogens is 1. The van der Waals surface area contributed by atoms with Crippen LogP contribution in [0.1, 0.15) is 5.56 Å². The third kappa shape index (κ3) is 4.00. The van der Waals surface area contributed by atoms with Crippen molar-refractivity contribution in [1.82, 2.24) is 0 Å². The van der Waals surface area contributed by atoms with E-state index in [0.29, 0.717) is 22.9 Å². The first-order chi connectivity index (χ1) is 10.6. The molecule has 0 bridgehead atoms. The van der Waals surface area contributed by atoms with Gasteiger partial charge in [0.05, 0.1) is 23.9 Å². The van der Waals surface area contributed by atoms with Gasteiger partial charge in [0.1, 0.15) is 11.7 Å². The minimum atomic E-state index is -0.802. The molecule has 0 spiro atoms. The third-order valence-corrected chi connectivity index (χ3v) is 3.51. The molecule has 0 aliphatic carbocycles. The number of amides is 1. The third-order valence-electron chi connectivity index (χ3n) is 3.18. The predicted octanol–water partition coefficient (Wildman–Crippen LogP) is 3.67. The molecular weight excluding hydrogens is 300 g/mol. The Labute approximate surface area is 134 Å². The van der Waals surface area contributed by atoms with Crippen LogP contribution in [0.15, 0.2) is 48.5 Å². The lowest BCUT2D eigenvalue weighted by atomic mass is 9.99. The second-order valence-corrected chi connectivity index (χ2v) is 5.11. The molecule has 2 aromatic rings. The first kappa shape index (κ1) is 15.9. The Balaban J connectivity index is 2.09. The maximum absolute atomic E-state index is 12.2. The van der Waals surface area contributed by atoms with Crippen molar-refractivity contribution in [2.24, 2.45) is 5.92 Å². The Morgan fingerprint density at radius 1 is 1.32 bits per heavy atom. The minimum absolute atomic E-state index is 0.310. The molecule has 4 nitrogen and oxygen atoms in total. The van der Waals surface area contributed by atoms with Crippen molar-refractivity contribution in [3.8, 4) is 11.8 Å². The molecule has 0 fully saturated rings. The summed E-state index contributed by atoms with van der Waals surface area (Å²) in [5.41, 5.74) is 1.36. The number of nitrogens with zero attached hydrogens (tertiary/aromatic N) is 1. The maximum Gasteiger partial charge on any atom is 0.242 e. The van der Waals surface area contributed by atoms with E-state index in [4.69, 9.17) is 16.3 Å². The number of hydrogen-bond acceptors (Lipinski definition) is 3. The van der Waals surface area contributed by atoms with E-state index in [-0.39, 0.29) is 5.91 Å². The van der Waals surface area contributed by atoms with E-state index < -0.39 is 5.92 Å². The number of carbonyl (C=O) groups excluding carboxylic acids is 1. The van der Waals surface area contributed by atoms with Crippen LogP contribution in [0.5, 0.6) is 5.75 Å². The maximum atomic E-state index is 12.2. The van der Waals surface area contributed by atoms with Crippen LogP contribution in [0.2, 0.25) is 5.02 Å². The number of nitrogens with one attached hydrogen (secondary N) is 1. The number of ether oxygens (including phenoxy) is 1. The van der Waals surface area contributed by atoms with E-state index in [1.807, 2.05) is 30.3 Å². The van der Waals surface area contributed by atoms with E-state index in [1.165, 1.54) is 0 Å². The summed E-state index contributed by atoms with van der Waals surface area (Å²) in [6, 6.07) is 16.3. The fraction of sp³-hybridized carbons (Fsp3) is 0.176. The molecule has 112 valence electrons. The van der Waals surface area contributed by atoms with Crippen LogP contribution in [0.3, 0.4) is 0 Å². The van der Waals surface area contributed by atoms with Gasteiger partial charge in [-0.15, -0.1) is 0 Å². The lowest BCUT2D eigenvalue weighted by molar-refractivity contribution is -0.118. The summed E-state index contributed by atoms with van der Waals surface area (Å²) in [4.78, 5) is 12.2. The summed E-state index contributed by atoms with van der Waals surface area (Å²) in [5, 5.41) is 12.4. The molecule has 0 heterocycles. The highest BCUT2D eigenvalue weighted by atomic mass is 35.5. The van der Waals surface area contributed by atoms with Crippen molar-refractivity contribution < 1.29 is 9.53 Å². The Morgan fingerprint density at radius 2 is 2.09 bits per heavy atom. The highest BCUT2D eigenvalue weighted by molar-refractivity contribution is 6.33. The van der Waals surface area contributed by atoms with Crippen LogP contribution >= 0.6 is 11.6 Å². The SMILES string of the molecule is COc1cccc(C[C@H](C#N)C(=O)Nc2ccccc2Cl)c1. The lowest BCUT2D eigenvalue weighted by Gasteiger charge is -2.12. The lowest BCUT2D eigenvalue weighted by Crippen LogP contribution is -2.23. The molecular formula is C17H15ClN2O2. The molecule has 0 aliphatic heterocycles. The summed E-state index contributed by atoms with van der Waals surface area (Å²) in [7, 11) is 1.57. The van der Waals surface area contributed by atoms with Crippen LogP contribution in [0.4, 0.5) is 5.69 Å². The zero-order valence-corrected chi connectivity index (χ0v) is 12.8. The average molecular weight is 315 g/mol. The number of hydrogen-bond donors (Lipinski definition) is 1. The van der Waals surface area contributed by atoms with Gasteiger partial charge in [0.2, 0.25) is 5.91 Å². The first-order valence-corrected chi connectivity index (χ1v) is 7.09. The Hall–Kier alpha value is -2.51. The number of para-hydroxylation sites is 1. The second kappa shape index (κ2) is 7.48. The van der Waals surface area contributed by atoms with Gasteiger partial charge < -0.3 is 10.1 Å². The normalized spacial score (nSPS) is 11.3. The molecule has 0 saturated carbocycles. The van der Waals surface area contributed by atoms with Gasteiger partial charge >= 0.3 is 0 Å². The van der Waals surface area contributed by atoms with E-state index >= 15 is 0 Å². The molecule has 22 heavy (non-hydrogen) atoms. The molecule has 2 rings (SSSR count). The molecule has 1 atom stereocenters. The van der Waals surface area contributed by atoms with E-state index in [9.17, 15) is 10.1 Å². The van der Waals surface area contributed by atoms with Crippen molar-refractivity contribution in [2.75, 3.05) is 12.4 Å². The van der Waals surface area contributed by atoms with Crippen molar-refractivity contribution in [3.05, 3.63) is 59.1 Å². The molecule has 0 unspecified atom stereocenters.